The molecule has 250 valence electrons. The highest BCUT2D eigenvalue weighted by atomic mass is 32.1. The van der Waals surface area contributed by atoms with Crippen LogP contribution in [-0.4, -0.2) is 0 Å². The largest absolute Gasteiger partial charge is 0.310 e. The van der Waals surface area contributed by atoms with Crippen LogP contribution in [0.2, 0.25) is 0 Å². The molecule has 0 atom stereocenters. The van der Waals surface area contributed by atoms with Crippen molar-refractivity contribution in [1.82, 2.24) is 0 Å². The van der Waals surface area contributed by atoms with Gasteiger partial charge in [-0.25, -0.2) is 0 Å². The van der Waals surface area contributed by atoms with E-state index in [1.807, 2.05) is 22.7 Å². The van der Waals surface area contributed by atoms with E-state index in [-0.39, 0.29) is 10.8 Å². The van der Waals surface area contributed by atoms with Crippen LogP contribution < -0.4 is 9.80 Å². The van der Waals surface area contributed by atoms with Gasteiger partial charge in [0.1, 0.15) is 0 Å². The SMILES string of the molecule is CC1(C)c2ccccc2N(c2ccccc2)c2ccc3c(sc4cc5c(cc43)sc3c4c(ccc35)N(c3ccccc3)c3ccccc3C4(C)C)c21. The molecule has 4 heterocycles. The second-order valence-corrected chi connectivity index (χ2v) is 17.5. The average Bonchev–Trinajstić information content (AvgIpc) is 3.71. The van der Waals surface area contributed by atoms with Gasteiger partial charge < -0.3 is 9.80 Å². The molecule has 0 saturated carbocycles. The summed E-state index contributed by atoms with van der Waals surface area (Å²) in [6, 6.07) is 54.1. The fourth-order valence-corrected chi connectivity index (χ4v) is 12.2. The Bertz CT molecular complexity index is 2710. The second kappa shape index (κ2) is 10.6. The maximum Gasteiger partial charge on any atom is 0.0517 e. The van der Waals surface area contributed by atoms with Crippen LogP contribution in [0.25, 0.3) is 40.3 Å². The summed E-state index contributed by atoms with van der Waals surface area (Å²) in [6.45, 7) is 9.63. The highest BCUT2D eigenvalue weighted by Crippen LogP contribution is 2.58. The summed E-state index contributed by atoms with van der Waals surface area (Å²) in [5.74, 6) is 0. The van der Waals surface area contributed by atoms with Crippen molar-refractivity contribution in [3.8, 4) is 0 Å². The van der Waals surface area contributed by atoms with E-state index < -0.39 is 0 Å². The Morgan fingerprint density at radius 2 is 0.769 bits per heavy atom. The van der Waals surface area contributed by atoms with Crippen LogP contribution in [0.5, 0.6) is 0 Å². The van der Waals surface area contributed by atoms with E-state index in [1.165, 1.54) is 96.7 Å². The molecule has 0 N–H and O–H groups in total. The van der Waals surface area contributed by atoms with E-state index in [9.17, 15) is 0 Å². The summed E-state index contributed by atoms with van der Waals surface area (Å²) in [5.41, 5.74) is 12.7. The van der Waals surface area contributed by atoms with Crippen LogP contribution in [0, 0.1) is 0 Å². The van der Waals surface area contributed by atoms with Gasteiger partial charge in [-0.3, -0.25) is 0 Å². The van der Waals surface area contributed by atoms with Crippen molar-refractivity contribution in [2.75, 3.05) is 9.80 Å². The van der Waals surface area contributed by atoms with E-state index in [2.05, 4.69) is 183 Å². The minimum atomic E-state index is -0.159. The molecule has 7 aromatic carbocycles. The van der Waals surface area contributed by atoms with Gasteiger partial charge in [0.25, 0.3) is 0 Å². The molecule has 0 radical (unpaired) electrons. The molecule has 0 amide bonds. The van der Waals surface area contributed by atoms with Crippen molar-refractivity contribution < 1.29 is 0 Å². The number of para-hydroxylation sites is 4. The van der Waals surface area contributed by atoms with E-state index in [4.69, 9.17) is 0 Å². The Hall–Kier alpha value is -5.42. The minimum Gasteiger partial charge on any atom is -0.310 e. The molecule has 0 saturated heterocycles. The first kappa shape index (κ1) is 30.2. The van der Waals surface area contributed by atoms with Crippen molar-refractivity contribution >= 4 is 97.1 Å². The highest BCUT2D eigenvalue weighted by molar-refractivity contribution is 7.27. The number of benzene rings is 7. The van der Waals surface area contributed by atoms with Gasteiger partial charge >= 0.3 is 0 Å². The van der Waals surface area contributed by atoms with Gasteiger partial charge in [-0.1, -0.05) is 113 Å². The van der Waals surface area contributed by atoms with Crippen molar-refractivity contribution in [1.29, 1.82) is 0 Å². The molecule has 9 aromatic rings. The molecule has 4 heteroatoms. The lowest BCUT2D eigenvalue weighted by molar-refractivity contribution is 0.639. The van der Waals surface area contributed by atoms with Crippen LogP contribution in [0.3, 0.4) is 0 Å². The number of nitrogens with zero attached hydrogens (tertiary/aromatic N) is 2. The predicted octanol–water partition coefficient (Wildman–Crippen LogP) is 14.6. The van der Waals surface area contributed by atoms with Gasteiger partial charge in [0.15, 0.2) is 0 Å². The van der Waals surface area contributed by atoms with Crippen LogP contribution in [0.1, 0.15) is 49.9 Å². The van der Waals surface area contributed by atoms with E-state index in [0.717, 1.165) is 0 Å². The van der Waals surface area contributed by atoms with Gasteiger partial charge in [-0.2, -0.15) is 0 Å². The highest BCUT2D eigenvalue weighted by Gasteiger charge is 2.40. The topological polar surface area (TPSA) is 6.48 Å². The Labute approximate surface area is 311 Å². The molecule has 2 aliphatic heterocycles. The van der Waals surface area contributed by atoms with Crippen molar-refractivity contribution in [3.63, 3.8) is 0 Å². The third-order valence-corrected chi connectivity index (χ3v) is 14.1. The van der Waals surface area contributed by atoms with Gasteiger partial charge in [-0.05, 0) is 71.8 Å². The van der Waals surface area contributed by atoms with Crippen molar-refractivity contribution in [3.05, 3.63) is 168 Å². The normalized spacial score (nSPS) is 15.5. The van der Waals surface area contributed by atoms with E-state index >= 15 is 0 Å². The van der Waals surface area contributed by atoms with Crippen LogP contribution in [0.4, 0.5) is 34.1 Å². The van der Waals surface area contributed by atoms with Gasteiger partial charge in [0.05, 0.1) is 22.7 Å². The molecule has 11 rings (SSSR count). The van der Waals surface area contributed by atoms with Crippen LogP contribution in [-0.2, 0) is 10.8 Å². The Kier molecular flexibility index (Phi) is 6.14. The summed E-state index contributed by atoms with van der Waals surface area (Å²) < 4.78 is 5.49. The quantitative estimate of drug-likeness (QED) is 0.177. The lowest BCUT2D eigenvalue weighted by atomic mass is 9.73. The first-order valence-electron chi connectivity index (χ1n) is 18.1. The molecule has 2 aliphatic rings. The fourth-order valence-electron chi connectivity index (χ4n) is 9.36. The van der Waals surface area contributed by atoms with Gasteiger partial charge in [0.2, 0.25) is 0 Å². The maximum absolute atomic E-state index is 2.49. The zero-order chi connectivity index (χ0) is 34.9. The second-order valence-electron chi connectivity index (χ2n) is 15.3. The summed E-state index contributed by atoms with van der Waals surface area (Å²) in [5, 5.41) is 5.41. The van der Waals surface area contributed by atoms with E-state index in [1.54, 1.807) is 0 Å². The standard InChI is InChI=1S/C48H36N2S2/c1-47(2)35-19-11-13-21-37(35)49(29-15-7-5-8-16-29)39-25-23-31-33-27-42-34(28-41(33)51-45(31)43(39)47)32-24-26-40-44(46(32)52-42)48(3,4)36-20-12-14-22-38(36)50(40)30-17-9-6-10-18-30/h5-28H,1-4H3. The molecule has 52 heavy (non-hydrogen) atoms. The minimum absolute atomic E-state index is 0.159. The Balaban J connectivity index is 1.16. The maximum atomic E-state index is 2.49. The number of thiophene rings is 2. The predicted molar refractivity (Wildman–Crippen MR) is 226 cm³/mol. The molecule has 0 fully saturated rings. The molecule has 0 unspecified atom stereocenters. The molecule has 0 bridgehead atoms. The number of hydrogen-bond donors (Lipinski definition) is 0. The number of anilines is 6. The Morgan fingerprint density at radius 1 is 0.385 bits per heavy atom. The molecular formula is C48H36N2S2. The van der Waals surface area contributed by atoms with Crippen molar-refractivity contribution in [2.45, 2.75) is 38.5 Å². The lowest BCUT2D eigenvalue weighted by Crippen LogP contribution is -2.30. The van der Waals surface area contributed by atoms with Crippen molar-refractivity contribution in [2.24, 2.45) is 0 Å². The first-order valence-corrected chi connectivity index (χ1v) is 19.7. The number of fused-ring (bicyclic) bond motifs is 12. The fraction of sp³-hybridized carbons (Fsp3) is 0.125. The third kappa shape index (κ3) is 3.94. The number of rotatable bonds is 2. The van der Waals surface area contributed by atoms with Crippen LogP contribution >= 0.6 is 22.7 Å². The summed E-state index contributed by atoms with van der Waals surface area (Å²) in [7, 11) is 0. The summed E-state index contributed by atoms with van der Waals surface area (Å²) in [4.78, 5) is 4.93. The monoisotopic (exact) mass is 704 g/mol. The molecular weight excluding hydrogens is 669 g/mol. The average molecular weight is 705 g/mol. The zero-order valence-electron chi connectivity index (χ0n) is 29.6. The first-order chi connectivity index (χ1) is 25.3. The molecule has 0 aliphatic carbocycles. The van der Waals surface area contributed by atoms with Gasteiger partial charge in [-0.15, -0.1) is 22.7 Å². The summed E-state index contributed by atoms with van der Waals surface area (Å²) in [6.07, 6.45) is 0. The van der Waals surface area contributed by atoms with Gasteiger partial charge in [0, 0.05) is 73.7 Å². The zero-order valence-corrected chi connectivity index (χ0v) is 31.2. The molecule has 2 nitrogen and oxygen atoms in total. The van der Waals surface area contributed by atoms with E-state index in [0.29, 0.717) is 0 Å². The third-order valence-electron chi connectivity index (χ3n) is 11.8. The van der Waals surface area contributed by atoms with Crippen LogP contribution in [0.15, 0.2) is 146 Å². The lowest BCUT2D eigenvalue weighted by Gasteiger charge is -2.42. The molecule has 2 aromatic heterocycles. The number of hydrogen-bond acceptors (Lipinski definition) is 4. The summed E-state index contributed by atoms with van der Waals surface area (Å²) >= 11 is 3.93. The molecule has 0 spiro atoms. The smallest absolute Gasteiger partial charge is 0.0517 e. The Morgan fingerprint density at radius 3 is 1.19 bits per heavy atom.